The summed E-state index contributed by atoms with van der Waals surface area (Å²) in [6.07, 6.45) is 1.97. The lowest BCUT2D eigenvalue weighted by Crippen LogP contribution is -2.34. The molecular formula is C19H22N2O3. The number of amides is 2. The van der Waals surface area contributed by atoms with Crippen LogP contribution >= 0.6 is 0 Å². The van der Waals surface area contributed by atoms with Crippen molar-refractivity contribution in [2.24, 2.45) is 0 Å². The molecule has 1 saturated heterocycles. The van der Waals surface area contributed by atoms with Gasteiger partial charge in [-0.3, -0.25) is 0 Å². The lowest BCUT2D eigenvalue weighted by Gasteiger charge is -2.25. The molecule has 0 unspecified atom stereocenters. The molecule has 1 fully saturated rings. The fraction of sp³-hybridized carbons (Fsp3) is 0.316. The minimum atomic E-state index is -0.0819. The summed E-state index contributed by atoms with van der Waals surface area (Å²) in [6.45, 7) is 0.756. The highest BCUT2D eigenvalue weighted by Gasteiger charge is 2.30. The first-order chi connectivity index (χ1) is 11.7. The maximum Gasteiger partial charge on any atom is 0.322 e. The molecule has 24 heavy (non-hydrogen) atoms. The zero-order chi connectivity index (χ0) is 16.9. The van der Waals surface area contributed by atoms with E-state index in [2.05, 4.69) is 5.32 Å². The Balaban J connectivity index is 1.72. The van der Waals surface area contributed by atoms with Gasteiger partial charge in [0, 0.05) is 18.3 Å². The van der Waals surface area contributed by atoms with Gasteiger partial charge in [0.1, 0.15) is 11.5 Å². The van der Waals surface area contributed by atoms with Crippen molar-refractivity contribution in [1.82, 2.24) is 4.90 Å². The van der Waals surface area contributed by atoms with Crippen molar-refractivity contribution in [3.63, 3.8) is 0 Å². The van der Waals surface area contributed by atoms with Crippen LogP contribution in [0, 0.1) is 0 Å². The number of hydrogen-bond acceptors (Lipinski definition) is 3. The third kappa shape index (κ3) is 3.45. The Bertz CT molecular complexity index is 700. The maximum atomic E-state index is 12.7. The van der Waals surface area contributed by atoms with Crippen LogP contribution in [0.3, 0.4) is 0 Å². The topological polar surface area (TPSA) is 50.8 Å². The maximum absolute atomic E-state index is 12.7. The van der Waals surface area contributed by atoms with E-state index in [1.807, 2.05) is 53.4 Å². The fourth-order valence-electron chi connectivity index (χ4n) is 3.08. The molecule has 126 valence electrons. The van der Waals surface area contributed by atoms with E-state index in [0.717, 1.165) is 42.1 Å². The van der Waals surface area contributed by atoms with E-state index < -0.39 is 0 Å². The molecule has 1 atom stereocenters. The van der Waals surface area contributed by atoms with Crippen molar-refractivity contribution in [2.75, 3.05) is 26.1 Å². The summed E-state index contributed by atoms with van der Waals surface area (Å²) < 4.78 is 10.4. The lowest BCUT2D eigenvalue weighted by molar-refractivity contribution is 0.207. The Kier molecular flexibility index (Phi) is 4.89. The van der Waals surface area contributed by atoms with E-state index >= 15 is 0 Å². The van der Waals surface area contributed by atoms with Crippen LogP contribution in [0.1, 0.15) is 24.4 Å². The smallest absolute Gasteiger partial charge is 0.322 e. The van der Waals surface area contributed by atoms with Crippen molar-refractivity contribution in [2.45, 2.75) is 18.9 Å². The third-order valence-electron chi connectivity index (χ3n) is 4.34. The number of methoxy groups -OCH3 is 2. The molecule has 1 aliphatic heterocycles. The zero-order valence-corrected chi connectivity index (χ0v) is 14.0. The number of benzene rings is 2. The third-order valence-corrected chi connectivity index (χ3v) is 4.34. The average Bonchev–Trinajstić information content (AvgIpc) is 3.12. The summed E-state index contributed by atoms with van der Waals surface area (Å²) in [5.74, 6) is 1.55. The Hall–Kier alpha value is -2.69. The number of carbonyl (C=O) groups excluding carboxylic acids is 1. The molecule has 5 heteroatoms. The van der Waals surface area contributed by atoms with Crippen molar-refractivity contribution in [1.29, 1.82) is 0 Å². The molecule has 0 radical (unpaired) electrons. The van der Waals surface area contributed by atoms with Gasteiger partial charge in [-0.15, -0.1) is 0 Å². The second-order valence-corrected chi connectivity index (χ2v) is 5.79. The molecule has 2 amide bonds. The van der Waals surface area contributed by atoms with E-state index in [1.54, 1.807) is 14.2 Å². The van der Waals surface area contributed by atoms with Gasteiger partial charge < -0.3 is 19.7 Å². The summed E-state index contributed by atoms with van der Waals surface area (Å²) in [6, 6.07) is 15.3. The van der Waals surface area contributed by atoms with Crippen LogP contribution in [0.15, 0.2) is 48.5 Å². The molecule has 1 aliphatic rings. The molecule has 5 nitrogen and oxygen atoms in total. The van der Waals surface area contributed by atoms with Crippen molar-refractivity contribution in [3.8, 4) is 11.5 Å². The Morgan fingerprint density at radius 2 is 1.83 bits per heavy atom. The second-order valence-electron chi connectivity index (χ2n) is 5.79. The normalized spacial score (nSPS) is 16.8. The SMILES string of the molecule is COc1ccc([C@@H]2CCCN2C(=O)Nc2cccc(OC)c2)cc1. The first-order valence-electron chi connectivity index (χ1n) is 8.07. The zero-order valence-electron chi connectivity index (χ0n) is 14.0. The number of carbonyl (C=O) groups is 1. The van der Waals surface area contributed by atoms with Crippen LogP contribution < -0.4 is 14.8 Å². The van der Waals surface area contributed by atoms with Gasteiger partial charge in [-0.1, -0.05) is 18.2 Å². The fourth-order valence-corrected chi connectivity index (χ4v) is 3.08. The van der Waals surface area contributed by atoms with E-state index in [1.165, 1.54) is 0 Å². The number of anilines is 1. The number of nitrogens with zero attached hydrogens (tertiary/aromatic N) is 1. The van der Waals surface area contributed by atoms with Gasteiger partial charge in [-0.25, -0.2) is 4.79 Å². The quantitative estimate of drug-likeness (QED) is 0.921. The number of rotatable bonds is 4. The van der Waals surface area contributed by atoms with Gasteiger partial charge in [0.2, 0.25) is 0 Å². The summed E-state index contributed by atoms with van der Waals surface area (Å²) in [7, 11) is 3.26. The largest absolute Gasteiger partial charge is 0.497 e. The van der Waals surface area contributed by atoms with Crippen molar-refractivity contribution < 1.29 is 14.3 Å². The predicted octanol–water partition coefficient (Wildman–Crippen LogP) is 4.07. The van der Waals surface area contributed by atoms with Crippen LogP contribution in [-0.2, 0) is 0 Å². The van der Waals surface area contributed by atoms with Crippen LogP contribution in [0.4, 0.5) is 10.5 Å². The summed E-state index contributed by atoms with van der Waals surface area (Å²) in [5, 5.41) is 2.96. The standard InChI is InChI=1S/C19H22N2O3/c1-23-16-10-8-14(9-11-16)18-7-4-12-21(18)19(22)20-15-5-3-6-17(13-15)24-2/h3,5-6,8-11,13,18H,4,7,12H2,1-2H3,(H,20,22)/t18-/m0/s1. The van der Waals surface area contributed by atoms with Crippen LogP contribution in [-0.4, -0.2) is 31.7 Å². The van der Waals surface area contributed by atoms with Crippen molar-refractivity contribution in [3.05, 3.63) is 54.1 Å². The average molecular weight is 326 g/mol. The Morgan fingerprint density at radius 3 is 2.54 bits per heavy atom. The van der Waals surface area contributed by atoms with Gasteiger partial charge in [-0.05, 0) is 42.7 Å². The summed E-state index contributed by atoms with van der Waals surface area (Å²) in [4.78, 5) is 14.6. The molecule has 1 heterocycles. The van der Waals surface area contributed by atoms with Gasteiger partial charge in [0.15, 0.2) is 0 Å². The van der Waals surface area contributed by atoms with Gasteiger partial charge in [-0.2, -0.15) is 0 Å². The highest BCUT2D eigenvalue weighted by atomic mass is 16.5. The van der Waals surface area contributed by atoms with Gasteiger partial charge in [0.25, 0.3) is 0 Å². The lowest BCUT2D eigenvalue weighted by atomic mass is 10.0. The number of ether oxygens (including phenoxy) is 2. The van der Waals surface area contributed by atoms with Crippen molar-refractivity contribution >= 4 is 11.7 Å². The molecule has 3 rings (SSSR count). The minimum Gasteiger partial charge on any atom is -0.497 e. The van der Waals surface area contributed by atoms with E-state index in [-0.39, 0.29) is 12.1 Å². The van der Waals surface area contributed by atoms with E-state index in [4.69, 9.17) is 9.47 Å². The van der Waals surface area contributed by atoms with E-state index in [9.17, 15) is 4.79 Å². The number of likely N-dealkylation sites (tertiary alicyclic amines) is 1. The van der Waals surface area contributed by atoms with Crippen LogP contribution in [0.2, 0.25) is 0 Å². The first-order valence-corrected chi connectivity index (χ1v) is 8.07. The van der Waals surface area contributed by atoms with Gasteiger partial charge >= 0.3 is 6.03 Å². The highest BCUT2D eigenvalue weighted by molar-refractivity contribution is 5.90. The molecule has 0 aliphatic carbocycles. The van der Waals surface area contributed by atoms with Gasteiger partial charge in [0.05, 0.1) is 20.3 Å². The number of hydrogen-bond donors (Lipinski definition) is 1. The van der Waals surface area contributed by atoms with Crippen LogP contribution in [0.5, 0.6) is 11.5 Å². The second kappa shape index (κ2) is 7.25. The first kappa shape index (κ1) is 16.2. The molecule has 0 bridgehead atoms. The molecular weight excluding hydrogens is 304 g/mol. The minimum absolute atomic E-state index is 0.0819. The number of urea groups is 1. The molecule has 0 spiro atoms. The monoisotopic (exact) mass is 326 g/mol. The summed E-state index contributed by atoms with van der Waals surface area (Å²) in [5.41, 5.74) is 1.87. The predicted molar refractivity (Wildman–Crippen MR) is 93.7 cm³/mol. The highest BCUT2D eigenvalue weighted by Crippen LogP contribution is 2.33. The van der Waals surface area contributed by atoms with Crippen LogP contribution in [0.25, 0.3) is 0 Å². The Labute approximate surface area is 142 Å². The molecule has 2 aromatic carbocycles. The molecule has 0 aromatic heterocycles. The number of nitrogens with one attached hydrogen (secondary N) is 1. The summed E-state index contributed by atoms with van der Waals surface area (Å²) >= 11 is 0. The Morgan fingerprint density at radius 1 is 1.08 bits per heavy atom. The molecule has 2 aromatic rings. The van der Waals surface area contributed by atoms with E-state index in [0.29, 0.717) is 0 Å². The molecule has 1 N–H and O–H groups in total. The molecule has 0 saturated carbocycles.